The summed E-state index contributed by atoms with van der Waals surface area (Å²) < 4.78 is 1.68. The second-order valence-electron chi connectivity index (χ2n) is 6.07. The number of aromatic nitrogens is 3. The van der Waals surface area contributed by atoms with Crippen molar-refractivity contribution in [2.24, 2.45) is 7.05 Å². The van der Waals surface area contributed by atoms with Crippen molar-refractivity contribution < 1.29 is 9.72 Å². The summed E-state index contributed by atoms with van der Waals surface area (Å²) in [6.45, 7) is 0. The lowest BCUT2D eigenvalue weighted by Gasteiger charge is -2.22. The Kier molecular flexibility index (Phi) is 5.32. The Labute approximate surface area is 149 Å². The molecule has 0 radical (unpaired) electrons. The monoisotopic (exact) mass is 361 g/mol. The number of rotatable bonds is 5. The standard InChI is InChI=1S/C16H19N5O3S/c1-20-10-17-19-16(20)25-14-8-7-11(9-13(14)21(23)24)15(22)18-12-5-3-2-4-6-12/h7-10,12H,2-6H2,1H3,(H,18,22). The first-order valence-corrected chi connectivity index (χ1v) is 8.97. The molecule has 0 bridgehead atoms. The number of carbonyl (C=O) groups is 1. The molecule has 1 aromatic carbocycles. The zero-order valence-corrected chi connectivity index (χ0v) is 14.7. The molecule has 0 saturated heterocycles. The van der Waals surface area contributed by atoms with E-state index in [2.05, 4.69) is 15.5 Å². The highest BCUT2D eigenvalue weighted by Crippen LogP contribution is 2.34. The molecule has 1 saturated carbocycles. The number of hydrogen-bond donors (Lipinski definition) is 1. The third-order valence-electron chi connectivity index (χ3n) is 4.23. The number of carbonyl (C=O) groups excluding carboxylic acids is 1. The largest absolute Gasteiger partial charge is 0.349 e. The average Bonchev–Trinajstić information content (AvgIpc) is 3.00. The van der Waals surface area contributed by atoms with Crippen LogP contribution in [0.25, 0.3) is 0 Å². The zero-order chi connectivity index (χ0) is 17.8. The van der Waals surface area contributed by atoms with Gasteiger partial charge in [0.15, 0.2) is 5.16 Å². The molecule has 0 unspecified atom stereocenters. The number of hydrogen-bond acceptors (Lipinski definition) is 6. The number of benzene rings is 1. The Morgan fingerprint density at radius 3 is 2.76 bits per heavy atom. The number of nitrogens with zero attached hydrogens (tertiary/aromatic N) is 4. The lowest BCUT2D eigenvalue weighted by molar-refractivity contribution is -0.387. The second kappa shape index (κ2) is 7.64. The van der Waals surface area contributed by atoms with Gasteiger partial charge in [0.25, 0.3) is 11.6 Å². The number of nitro benzene ring substituents is 1. The van der Waals surface area contributed by atoms with E-state index in [1.54, 1.807) is 23.7 Å². The van der Waals surface area contributed by atoms with Gasteiger partial charge in [-0.3, -0.25) is 14.9 Å². The van der Waals surface area contributed by atoms with Crippen LogP contribution < -0.4 is 5.32 Å². The smallest absolute Gasteiger partial charge is 0.284 e. The summed E-state index contributed by atoms with van der Waals surface area (Å²) in [5.74, 6) is -0.259. The first kappa shape index (κ1) is 17.4. The van der Waals surface area contributed by atoms with Crippen molar-refractivity contribution in [3.05, 3.63) is 40.2 Å². The quantitative estimate of drug-likeness (QED) is 0.649. The van der Waals surface area contributed by atoms with Gasteiger partial charge in [-0.2, -0.15) is 0 Å². The van der Waals surface area contributed by atoms with Crippen molar-refractivity contribution in [1.29, 1.82) is 0 Å². The fourth-order valence-corrected chi connectivity index (χ4v) is 3.72. The topological polar surface area (TPSA) is 103 Å². The van der Waals surface area contributed by atoms with E-state index in [-0.39, 0.29) is 17.6 Å². The summed E-state index contributed by atoms with van der Waals surface area (Å²) in [6, 6.07) is 4.70. The molecule has 0 atom stereocenters. The van der Waals surface area contributed by atoms with Crippen LogP contribution in [0.4, 0.5) is 5.69 Å². The van der Waals surface area contributed by atoms with E-state index in [0.717, 1.165) is 37.4 Å². The molecule has 1 aliphatic rings. The molecule has 1 heterocycles. The fraction of sp³-hybridized carbons (Fsp3) is 0.438. The molecule has 0 aliphatic heterocycles. The predicted octanol–water partition coefficient (Wildman–Crippen LogP) is 2.94. The zero-order valence-electron chi connectivity index (χ0n) is 13.8. The van der Waals surface area contributed by atoms with Gasteiger partial charge < -0.3 is 9.88 Å². The molecule has 9 heteroatoms. The van der Waals surface area contributed by atoms with E-state index < -0.39 is 4.92 Å². The summed E-state index contributed by atoms with van der Waals surface area (Å²) in [4.78, 5) is 23.8. The third kappa shape index (κ3) is 4.16. The van der Waals surface area contributed by atoms with Crippen LogP contribution in [-0.2, 0) is 7.05 Å². The van der Waals surface area contributed by atoms with E-state index >= 15 is 0 Å². The minimum Gasteiger partial charge on any atom is -0.349 e. The molecule has 1 fully saturated rings. The van der Waals surface area contributed by atoms with Crippen molar-refractivity contribution in [2.75, 3.05) is 0 Å². The Hall–Kier alpha value is -2.42. The maximum atomic E-state index is 12.4. The Bertz CT molecular complexity index is 786. The molecular formula is C16H19N5O3S. The van der Waals surface area contributed by atoms with Crippen molar-refractivity contribution in [3.8, 4) is 0 Å². The van der Waals surface area contributed by atoms with Crippen molar-refractivity contribution in [1.82, 2.24) is 20.1 Å². The minimum absolute atomic E-state index is 0.107. The summed E-state index contributed by atoms with van der Waals surface area (Å²) >= 11 is 1.15. The first-order valence-electron chi connectivity index (χ1n) is 8.16. The van der Waals surface area contributed by atoms with E-state index in [1.165, 1.54) is 18.8 Å². The lowest BCUT2D eigenvalue weighted by atomic mass is 9.95. The van der Waals surface area contributed by atoms with Gasteiger partial charge in [0.1, 0.15) is 6.33 Å². The molecule has 1 aliphatic carbocycles. The summed E-state index contributed by atoms with van der Waals surface area (Å²) in [5.41, 5.74) is 0.198. The van der Waals surface area contributed by atoms with Gasteiger partial charge >= 0.3 is 0 Å². The average molecular weight is 361 g/mol. The molecule has 132 valence electrons. The van der Waals surface area contributed by atoms with Crippen LogP contribution in [0.3, 0.4) is 0 Å². The fourth-order valence-electron chi connectivity index (χ4n) is 2.87. The first-order chi connectivity index (χ1) is 12.0. The molecule has 1 amide bonds. The van der Waals surface area contributed by atoms with Gasteiger partial charge in [0.2, 0.25) is 0 Å². The summed E-state index contributed by atoms with van der Waals surface area (Å²) in [5, 5.41) is 22.6. The summed E-state index contributed by atoms with van der Waals surface area (Å²) in [7, 11) is 1.76. The van der Waals surface area contributed by atoms with E-state index in [0.29, 0.717) is 15.6 Å². The molecule has 1 N–H and O–H groups in total. The van der Waals surface area contributed by atoms with Crippen molar-refractivity contribution in [3.63, 3.8) is 0 Å². The number of nitrogens with one attached hydrogen (secondary N) is 1. The van der Waals surface area contributed by atoms with E-state index in [4.69, 9.17) is 0 Å². The van der Waals surface area contributed by atoms with Crippen LogP contribution in [0.15, 0.2) is 34.6 Å². The maximum absolute atomic E-state index is 12.4. The normalized spacial score (nSPS) is 15.1. The maximum Gasteiger partial charge on any atom is 0.284 e. The van der Waals surface area contributed by atoms with Crippen LogP contribution in [0.5, 0.6) is 0 Å². The predicted molar refractivity (Wildman–Crippen MR) is 92.6 cm³/mol. The second-order valence-corrected chi connectivity index (χ2v) is 7.08. The highest BCUT2D eigenvalue weighted by atomic mass is 32.2. The molecule has 2 aromatic rings. The Morgan fingerprint density at radius 2 is 2.12 bits per heavy atom. The van der Waals surface area contributed by atoms with Gasteiger partial charge in [0, 0.05) is 24.7 Å². The van der Waals surface area contributed by atoms with E-state index in [1.807, 2.05) is 0 Å². The van der Waals surface area contributed by atoms with Crippen LogP contribution >= 0.6 is 11.8 Å². The Balaban J connectivity index is 1.79. The van der Waals surface area contributed by atoms with Crippen molar-refractivity contribution in [2.45, 2.75) is 48.2 Å². The molecule has 8 nitrogen and oxygen atoms in total. The molecule has 3 rings (SSSR count). The highest BCUT2D eigenvalue weighted by molar-refractivity contribution is 7.99. The van der Waals surface area contributed by atoms with Gasteiger partial charge in [0.05, 0.1) is 9.82 Å². The van der Waals surface area contributed by atoms with Gasteiger partial charge in [-0.15, -0.1) is 10.2 Å². The highest BCUT2D eigenvalue weighted by Gasteiger charge is 2.22. The number of nitro groups is 1. The van der Waals surface area contributed by atoms with Crippen LogP contribution in [0, 0.1) is 10.1 Å². The van der Waals surface area contributed by atoms with Gasteiger partial charge in [-0.25, -0.2) is 0 Å². The molecule has 0 spiro atoms. The Morgan fingerprint density at radius 1 is 1.36 bits per heavy atom. The minimum atomic E-state index is -0.476. The number of amides is 1. The van der Waals surface area contributed by atoms with E-state index in [9.17, 15) is 14.9 Å². The SMILES string of the molecule is Cn1cnnc1Sc1ccc(C(=O)NC2CCCCC2)cc1[N+](=O)[O-]. The van der Waals surface area contributed by atoms with Crippen molar-refractivity contribution >= 4 is 23.4 Å². The van der Waals surface area contributed by atoms with Gasteiger partial charge in [-0.1, -0.05) is 19.3 Å². The van der Waals surface area contributed by atoms with Crippen LogP contribution in [0.1, 0.15) is 42.5 Å². The third-order valence-corrected chi connectivity index (χ3v) is 5.35. The lowest BCUT2D eigenvalue weighted by Crippen LogP contribution is -2.36. The van der Waals surface area contributed by atoms with Crippen LogP contribution in [0.2, 0.25) is 0 Å². The van der Waals surface area contributed by atoms with Crippen LogP contribution in [-0.4, -0.2) is 31.6 Å². The number of aryl methyl sites for hydroxylation is 1. The molecule has 1 aromatic heterocycles. The van der Waals surface area contributed by atoms with Gasteiger partial charge in [-0.05, 0) is 36.7 Å². The molecule has 25 heavy (non-hydrogen) atoms. The summed E-state index contributed by atoms with van der Waals surface area (Å²) in [6.07, 6.45) is 6.88. The molecular weight excluding hydrogens is 342 g/mol.